The van der Waals surface area contributed by atoms with Crippen molar-refractivity contribution in [3.63, 3.8) is 0 Å². The molecule has 0 aliphatic heterocycles. The van der Waals surface area contributed by atoms with Crippen LogP contribution in [0.1, 0.15) is 34.5 Å². The standard InChI is InChI=1S/C13H15N3O2S/c1-7-9-11(16(2)8-4-3-5-8)14-6-15-12(9)19-10(7)13(17)18/h6,8H,3-5H2,1-2H3,(H,17,18). The summed E-state index contributed by atoms with van der Waals surface area (Å²) in [7, 11) is 2.03. The minimum atomic E-state index is -0.891. The van der Waals surface area contributed by atoms with E-state index >= 15 is 0 Å². The second-order valence-electron chi connectivity index (χ2n) is 4.93. The molecule has 1 saturated carbocycles. The number of aryl methyl sites for hydroxylation is 1. The van der Waals surface area contributed by atoms with E-state index in [1.807, 2.05) is 14.0 Å². The van der Waals surface area contributed by atoms with E-state index in [-0.39, 0.29) is 0 Å². The first kappa shape index (κ1) is 12.3. The lowest BCUT2D eigenvalue weighted by atomic mass is 9.92. The Morgan fingerprint density at radius 3 is 2.79 bits per heavy atom. The average molecular weight is 277 g/mol. The molecule has 0 spiro atoms. The van der Waals surface area contributed by atoms with E-state index in [1.165, 1.54) is 36.9 Å². The van der Waals surface area contributed by atoms with Crippen LogP contribution in [0.2, 0.25) is 0 Å². The highest BCUT2D eigenvalue weighted by Gasteiger charge is 2.26. The minimum Gasteiger partial charge on any atom is -0.477 e. The SMILES string of the molecule is Cc1c(C(=O)O)sc2ncnc(N(C)C3CCC3)c12. The molecule has 1 N–H and O–H groups in total. The predicted octanol–water partition coefficient (Wildman–Crippen LogP) is 2.69. The summed E-state index contributed by atoms with van der Waals surface area (Å²) in [6, 6.07) is 0.519. The fraction of sp³-hybridized carbons (Fsp3) is 0.462. The summed E-state index contributed by atoms with van der Waals surface area (Å²) in [5.74, 6) is -0.0336. The van der Waals surface area contributed by atoms with Crippen LogP contribution >= 0.6 is 11.3 Å². The van der Waals surface area contributed by atoms with E-state index in [2.05, 4.69) is 14.9 Å². The number of fused-ring (bicyclic) bond motifs is 1. The Kier molecular flexibility index (Phi) is 2.89. The van der Waals surface area contributed by atoms with Crippen LogP contribution < -0.4 is 4.90 Å². The van der Waals surface area contributed by atoms with Gasteiger partial charge in [0.05, 0.1) is 5.39 Å². The zero-order valence-electron chi connectivity index (χ0n) is 10.9. The van der Waals surface area contributed by atoms with Crippen molar-refractivity contribution in [1.29, 1.82) is 0 Å². The molecule has 0 radical (unpaired) electrons. The Morgan fingerprint density at radius 2 is 2.21 bits per heavy atom. The molecule has 19 heavy (non-hydrogen) atoms. The molecular weight excluding hydrogens is 262 g/mol. The normalized spacial score (nSPS) is 15.5. The van der Waals surface area contributed by atoms with Gasteiger partial charge in [0, 0.05) is 13.1 Å². The van der Waals surface area contributed by atoms with E-state index in [0.717, 1.165) is 21.6 Å². The van der Waals surface area contributed by atoms with Crippen molar-refractivity contribution in [2.75, 3.05) is 11.9 Å². The summed E-state index contributed by atoms with van der Waals surface area (Å²) in [4.78, 5) is 23.1. The smallest absolute Gasteiger partial charge is 0.346 e. The van der Waals surface area contributed by atoms with Crippen LogP contribution in [0.25, 0.3) is 10.2 Å². The first-order valence-corrected chi connectivity index (χ1v) is 7.11. The largest absolute Gasteiger partial charge is 0.477 e. The average Bonchev–Trinajstić information content (AvgIpc) is 2.65. The van der Waals surface area contributed by atoms with Crippen LogP contribution in [0.4, 0.5) is 5.82 Å². The highest BCUT2D eigenvalue weighted by Crippen LogP contribution is 2.37. The Balaban J connectivity index is 2.16. The van der Waals surface area contributed by atoms with Crippen molar-refractivity contribution in [1.82, 2.24) is 9.97 Å². The molecule has 2 heterocycles. The maximum absolute atomic E-state index is 11.2. The lowest BCUT2D eigenvalue weighted by Crippen LogP contribution is -2.37. The first-order chi connectivity index (χ1) is 9.09. The van der Waals surface area contributed by atoms with E-state index < -0.39 is 5.97 Å². The Bertz CT molecular complexity index is 649. The van der Waals surface area contributed by atoms with Gasteiger partial charge < -0.3 is 10.0 Å². The van der Waals surface area contributed by atoms with Gasteiger partial charge in [0.15, 0.2) is 0 Å². The zero-order valence-corrected chi connectivity index (χ0v) is 11.7. The van der Waals surface area contributed by atoms with E-state index in [1.54, 1.807) is 0 Å². The van der Waals surface area contributed by atoms with Crippen molar-refractivity contribution >= 4 is 33.3 Å². The Labute approximate surface area is 114 Å². The number of rotatable bonds is 3. The summed E-state index contributed by atoms with van der Waals surface area (Å²) >= 11 is 1.22. The van der Waals surface area contributed by atoms with Crippen molar-refractivity contribution in [2.24, 2.45) is 0 Å². The number of anilines is 1. The molecular formula is C13H15N3O2S. The molecule has 0 amide bonds. The van der Waals surface area contributed by atoms with Gasteiger partial charge in [0.2, 0.25) is 0 Å². The Morgan fingerprint density at radius 1 is 1.47 bits per heavy atom. The lowest BCUT2D eigenvalue weighted by molar-refractivity contribution is 0.0701. The molecule has 0 aromatic carbocycles. The third-order valence-electron chi connectivity index (χ3n) is 3.86. The number of nitrogens with zero attached hydrogens (tertiary/aromatic N) is 3. The first-order valence-electron chi connectivity index (χ1n) is 6.30. The molecule has 0 unspecified atom stereocenters. The Hall–Kier alpha value is -1.69. The molecule has 2 aromatic rings. The number of carboxylic acid groups (broad SMARTS) is 1. The molecule has 0 saturated heterocycles. The number of hydrogen-bond acceptors (Lipinski definition) is 5. The molecule has 100 valence electrons. The summed E-state index contributed by atoms with van der Waals surface area (Å²) < 4.78 is 0. The minimum absolute atomic E-state index is 0.360. The number of carboxylic acids is 1. The van der Waals surface area contributed by atoms with Gasteiger partial charge in [-0.3, -0.25) is 0 Å². The molecule has 1 fully saturated rings. The van der Waals surface area contributed by atoms with Gasteiger partial charge in [0.25, 0.3) is 0 Å². The topological polar surface area (TPSA) is 66.3 Å². The maximum Gasteiger partial charge on any atom is 0.346 e. The van der Waals surface area contributed by atoms with E-state index in [0.29, 0.717) is 10.9 Å². The summed E-state index contributed by atoms with van der Waals surface area (Å²) in [5.41, 5.74) is 0.772. The number of carbonyl (C=O) groups is 1. The summed E-state index contributed by atoms with van der Waals surface area (Å²) in [6.07, 6.45) is 5.13. The number of thiophene rings is 1. The number of aromatic carboxylic acids is 1. The number of hydrogen-bond donors (Lipinski definition) is 1. The van der Waals surface area contributed by atoms with Crippen molar-refractivity contribution < 1.29 is 9.90 Å². The van der Waals surface area contributed by atoms with E-state index in [4.69, 9.17) is 0 Å². The monoisotopic (exact) mass is 277 g/mol. The predicted molar refractivity (Wildman–Crippen MR) is 75.2 cm³/mol. The molecule has 1 aliphatic carbocycles. The fourth-order valence-corrected chi connectivity index (χ4v) is 3.45. The van der Waals surface area contributed by atoms with Crippen molar-refractivity contribution in [3.8, 4) is 0 Å². The molecule has 2 aromatic heterocycles. The molecule has 1 aliphatic rings. The quantitative estimate of drug-likeness (QED) is 0.934. The van der Waals surface area contributed by atoms with Gasteiger partial charge in [0.1, 0.15) is 21.9 Å². The third kappa shape index (κ3) is 1.87. The summed E-state index contributed by atoms with van der Waals surface area (Å²) in [6.45, 7) is 1.84. The second-order valence-corrected chi connectivity index (χ2v) is 5.93. The van der Waals surface area contributed by atoms with Crippen LogP contribution in [0, 0.1) is 6.92 Å². The lowest BCUT2D eigenvalue weighted by Gasteiger charge is -2.35. The van der Waals surface area contributed by atoms with Crippen molar-refractivity contribution in [3.05, 3.63) is 16.8 Å². The van der Waals surface area contributed by atoms with Gasteiger partial charge in [-0.2, -0.15) is 0 Å². The van der Waals surface area contributed by atoms with Crippen LogP contribution in [-0.2, 0) is 0 Å². The maximum atomic E-state index is 11.2. The van der Waals surface area contributed by atoms with Crippen LogP contribution in [0.15, 0.2) is 6.33 Å². The molecule has 6 heteroatoms. The third-order valence-corrected chi connectivity index (χ3v) is 5.05. The molecule has 5 nitrogen and oxygen atoms in total. The van der Waals surface area contributed by atoms with Crippen molar-refractivity contribution in [2.45, 2.75) is 32.2 Å². The molecule has 0 bridgehead atoms. The van der Waals surface area contributed by atoms with Crippen LogP contribution in [0.5, 0.6) is 0 Å². The van der Waals surface area contributed by atoms with Gasteiger partial charge >= 0.3 is 5.97 Å². The van der Waals surface area contributed by atoms with Gasteiger partial charge in [-0.15, -0.1) is 11.3 Å². The van der Waals surface area contributed by atoms with E-state index in [9.17, 15) is 9.90 Å². The van der Waals surface area contributed by atoms with Crippen LogP contribution in [0.3, 0.4) is 0 Å². The number of aromatic nitrogens is 2. The molecule has 3 rings (SSSR count). The van der Waals surface area contributed by atoms with Gasteiger partial charge in [-0.1, -0.05) is 0 Å². The van der Waals surface area contributed by atoms with Crippen LogP contribution in [-0.4, -0.2) is 34.1 Å². The highest BCUT2D eigenvalue weighted by molar-refractivity contribution is 7.20. The second kappa shape index (κ2) is 4.45. The zero-order chi connectivity index (χ0) is 13.6. The molecule has 0 atom stereocenters. The van der Waals surface area contributed by atoms with Gasteiger partial charge in [-0.05, 0) is 31.7 Å². The van der Waals surface area contributed by atoms with Gasteiger partial charge in [-0.25, -0.2) is 14.8 Å². The fourth-order valence-electron chi connectivity index (χ4n) is 2.47. The summed E-state index contributed by atoms with van der Waals surface area (Å²) in [5, 5.41) is 10.1. The highest BCUT2D eigenvalue weighted by atomic mass is 32.1.